The van der Waals surface area contributed by atoms with Gasteiger partial charge in [-0.3, -0.25) is 4.79 Å². The van der Waals surface area contributed by atoms with Crippen LogP contribution in [0.2, 0.25) is 0 Å². The van der Waals surface area contributed by atoms with Crippen LogP contribution in [0.1, 0.15) is 28.4 Å². The van der Waals surface area contributed by atoms with Crippen molar-refractivity contribution in [1.82, 2.24) is 5.32 Å². The highest BCUT2D eigenvalue weighted by molar-refractivity contribution is 7.99. The molecule has 0 spiro atoms. The molecule has 0 aromatic heterocycles. The molecule has 0 aliphatic carbocycles. The van der Waals surface area contributed by atoms with Crippen LogP contribution in [-0.2, 0) is 0 Å². The Morgan fingerprint density at radius 3 is 2.63 bits per heavy atom. The Labute approximate surface area is 117 Å². The van der Waals surface area contributed by atoms with E-state index in [-0.39, 0.29) is 11.9 Å². The fourth-order valence-corrected chi connectivity index (χ4v) is 3.45. The average Bonchev–Trinajstić information content (AvgIpc) is 2.48. The summed E-state index contributed by atoms with van der Waals surface area (Å²) in [6, 6.07) is 17.8. The number of rotatable bonds is 2. The Hall–Kier alpha value is -1.74. The molecule has 3 heteroatoms. The van der Waals surface area contributed by atoms with Gasteiger partial charge in [-0.05, 0) is 30.2 Å². The van der Waals surface area contributed by atoms with Crippen molar-refractivity contribution in [2.24, 2.45) is 0 Å². The summed E-state index contributed by atoms with van der Waals surface area (Å²) < 4.78 is 0. The zero-order valence-electron chi connectivity index (χ0n) is 10.5. The molecule has 2 aromatic carbocycles. The summed E-state index contributed by atoms with van der Waals surface area (Å²) in [5.74, 6) is 1.06. The van der Waals surface area contributed by atoms with Crippen molar-refractivity contribution in [3.63, 3.8) is 0 Å². The first-order valence-electron chi connectivity index (χ1n) is 6.42. The van der Waals surface area contributed by atoms with Crippen LogP contribution in [0.15, 0.2) is 59.5 Å². The van der Waals surface area contributed by atoms with Gasteiger partial charge in [0.15, 0.2) is 0 Å². The summed E-state index contributed by atoms with van der Waals surface area (Å²) in [6.45, 7) is 0. The van der Waals surface area contributed by atoms with Gasteiger partial charge < -0.3 is 5.32 Å². The number of carbonyl (C=O) groups excluding carboxylic acids is 1. The van der Waals surface area contributed by atoms with E-state index in [1.54, 1.807) is 0 Å². The number of carbonyl (C=O) groups is 1. The summed E-state index contributed by atoms with van der Waals surface area (Å²) in [4.78, 5) is 13.5. The Morgan fingerprint density at radius 1 is 1.05 bits per heavy atom. The molecular formula is C16H15NOS. The van der Waals surface area contributed by atoms with Crippen LogP contribution in [-0.4, -0.2) is 11.7 Å². The molecule has 0 radical (unpaired) electrons. The van der Waals surface area contributed by atoms with Crippen molar-refractivity contribution in [2.45, 2.75) is 17.4 Å². The van der Waals surface area contributed by atoms with E-state index in [0.29, 0.717) is 0 Å². The lowest BCUT2D eigenvalue weighted by molar-refractivity contribution is 0.0935. The maximum absolute atomic E-state index is 12.2. The van der Waals surface area contributed by atoms with Crippen LogP contribution >= 0.6 is 11.8 Å². The van der Waals surface area contributed by atoms with E-state index in [4.69, 9.17) is 0 Å². The Bertz CT molecular complexity index is 582. The monoisotopic (exact) mass is 269 g/mol. The first-order chi connectivity index (χ1) is 9.34. The van der Waals surface area contributed by atoms with Crippen LogP contribution in [0, 0.1) is 0 Å². The molecule has 0 saturated carbocycles. The van der Waals surface area contributed by atoms with E-state index in [0.717, 1.165) is 17.7 Å². The zero-order valence-corrected chi connectivity index (χ0v) is 11.3. The quantitative estimate of drug-likeness (QED) is 0.901. The molecule has 1 aliphatic heterocycles. The largest absolute Gasteiger partial charge is 0.345 e. The first-order valence-corrected chi connectivity index (χ1v) is 7.41. The summed E-state index contributed by atoms with van der Waals surface area (Å²) >= 11 is 1.86. The Kier molecular flexibility index (Phi) is 3.56. The molecular weight excluding hydrogens is 254 g/mol. The number of fused-ring (bicyclic) bond motifs is 1. The van der Waals surface area contributed by atoms with Gasteiger partial charge in [0.2, 0.25) is 0 Å². The maximum atomic E-state index is 12.2. The lowest BCUT2D eigenvalue weighted by atomic mass is 10.0. The highest BCUT2D eigenvalue weighted by atomic mass is 32.2. The first kappa shape index (κ1) is 12.3. The molecule has 0 unspecified atom stereocenters. The van der Waals surface area contributed by atoms with Crippen molar-refractivity contribution >= 4 is 17.7 Å². The smallest absolute Gasteiger partial charge is 0.251 e. The molecule has 1 N–H and O–H groups in total. The average molecular weight is 269 g/mol. The summed E-state index contributed by atoms with van der Waals surface area (Å²) in [7, 11) is 0. The van der Waals surface area contributed by atoms with Gasteiger partial charge in [-0.1, -0.05) is 36.4 Å². The molecule has 2 nitrogen and oxygen atoms in total. The van der Waals surface area contributed by atoms with E-state index in [1.165, 1.54) is 10.5 Å². The Morgan fingerprint density at radius 2 is 1.79 bits per heavy atom. The summed E-state index contributed by atoms with van der Waals surface area (Å²) in [5.41, 5.74) is 1.96. The van der Waals surface area contributed by atoms with Crippen molar-refractivity contribution in [3.8, 4) is 0 Å². The van der Waals surface area contributed by atoms with Crippen LogP contribution in [0.25, 0.3) is 0 Å². The molecule has 2 aromatic rings. The molecule has 0 fully saturated rings. The van der Waals surface area contributed by atoms with Crippen molar-refractivity contribution in [1.29, 1.82) is 0 Å². The molecule has 1 aliphatic rings. The second-order valence-corrected chi connectivity index (χ2v) is 5.70. The van der Waals surface area contributed by atoms with Gasteiger partial charge in [-0.15, -0.1) is 11.8 Å². The van der Waals surface area contributed by atoms with Gasteiger partial charge in [0, 0.05) is 16.2 Å². The predicted octanol–water partition coefficient (Wildman–Crippen LogP) is 3.65. The van der Waals surface area contributed by atoms with E-state index in [1.807, 2.05) is 54.2 Å². The van der Waals surface area contributed by atoms with Crippen molar-refractivity contribution in [2.75, 3.05) is 5.75 Å². The number of thioether (sulfide) groups is 1. The maximum Gasteiger partial charge on any atom is 0.251 e. The lowest BCUT2D eigenvalue weighted by Gasteiger charge is -2.25. The number of hydrogen-bond acceptors (Lipinski definition) is 2. The zero-order chi connectivity index (χ0) is 13.1. The normalized spacial score (nSPS) is 17.6. The molecule has 0 bridgehead atoms. The summed E-state index contributed by atoms with van der Waals surface area (Å²) in [5, 5.41) is 3.14. The van der Waals surface area contributed by atoms with E-state index in [9.17, 15) is 4.79 Å². The molecule has 3 rings (SSSR count). The second kappa shape index (κ2) is 5.49. The number of amides is 1. The van der Waals surface area contributed by atoms with Gasteiger partial charge in [0.05, 0.1) is 6.04 Å². The molecule has 19 heavy (non-hydrogen) atoms. The molecule has 1 atom stereocenters. The van der Waals surface area contributed by atoms with Gasteiger partial charge >= 0.3 is 0 Å². The van der Waals surface area contributed by atoms with E-state index in [2.05, 4.69) is 17.4 Å². The minimum atomic E-state index is 0.00676. The van der Waals surface area contributed by atoms with E-state index >= 15 is 0 Å². The van der Waals surface area contributed by atoms with Gasteiger partial charge in [-0.2, -0.15) is 0 Å². The van der Waals surface area contributed by atoms with Crippen LogP contribution in [0.5, 0.6) is 0 Å². The molecule has 1 heterocycles. The third-order valence-corrected chi connectivity index (χ3v) is 4.42. The molecule has 0 saturated heterocycles. The number of hydrogen-bond donors (Lipinski definition) is 1. The lowest BCUT2D eigenvalue weighted by Crippen LogP contribution is -2.30. The summed E-state index contributed by atoms with van der Waals surface area (Å²) in [6.07, 6.45) is 0.986. The highest BCUT2D eigenvalue weighted by Crippen LogP contribution is 2.35. The van der Waals surface area contributed by atoms with Gasteiger partial charge in [-0.25, -0.2) is 0 Å². The van der Waals surface area contributed by atoms with E-state index < -0.39 is 0 Å². The minimum Gasteiger partial charge on any atom is -0.345 e. The molecule has 1 amide bonds. The SMILES string of the molecule is O=C(N[C@@H]1CCSc2ccccc21)c1ccccc1. The Balaban J connectivity index is 1.80. The third-order valence-electron chi connectivity index (χ3n) is 3.30. The minimum absolute atomic E-state index is 0.00676. The van der Waals surface area contributed by atoms with Crippen LogP contribution in [0.3, 0.4) is 0 Å². The topological polar surface area (TPSA) is 29.1 Å². The number of benzene rings is 2. The number of nitrogens with one attached hydrogen (secondary N) is 1. The van der Waals surface area contributed by atoms with Gasteiger partial charge in [0.1, 0.15) is 0 Å². The molecule has 96 valence electrons. The van der Waals surface area contributed by atoms with Crippen LogP contribution < -0.4 is 5.32 Å². The van der Waals surface area contributed by atoms with Crippen molar-refractivity contribution < 1.29 is 4.79 Å². The fraction of sp³-hybridized carbons (Fsp3) is 0.188. The third kappa shape index (κ3) is 2.66. The van der Waals surface area contributed by atoms with Crippen LogP contribution in [0.4, 0.5) is 0 Å². The second-order valence-electron chi connectivity index (χ2n) is 4.57. The highest BCUT2D eigenvalue weighted by Gasteiger charge is 2.22. The van der Waals surface area contributed by atoms with Gasteiger partial charge in [0.25, 0.3) is 5.91 Å². The standard InChI is InChI=1S/C16H15NOS/c18-16(12-6-2-1-3-7-12)17-14-10-11-19-15-9-5-4-8-13(14)15/h1-9,14H,10-11H2,(H,17,18)/t14-/m1/s1. The van der Waals surface area contributed by atoms with Crippen molar-refractivity contribution in [3.05, 3.63) is 65.7 Å². The predicted molar refractivity (Wildman–Crippen MR) is 78.4 cm³/mol. The fourth-order valence-electron chi connectivity index (χ4n) is 2.32.